The van der Waals surface area contributed by atoms with Crippen LogP contribution in [-0.4, -0.2) is 32.5 Å². The number of hydrogen-bond acceptors (Lipinski definition) is 6. The summed E-state index contributed by atoms with van der Waals surface area (Å²) in [6.45, 7) is 0.211. The van der Waals surface area contributed by atoms with Gasteiger partial charge in [0.05, 0.1) is 24.2 Å². The van der Waals surface area contributed by atoms with Gasteiger partial charge in [-0.2, -0.15) is 0 Å². The molecule has 8 nitrogen and oxygen atoms in total. The molecule has 2 aromatic heterocycles. The average molecular weight is 357 g/mol. The van der Waals surface area contributed by atoms with Crippen LogP contribution in [0.5, 0.6) is 0 Å². The highest BCUT2D eigenvalue weighted by molar-refractivity contribution is 7.99. The lowest BCUT2D eigenvalue weighted by Crippen LogP contribution is -2.39. The van der Waals surface area contributed by atoms with Crippen LogP contribution in [-0.2, 0) is 11.3 Å². The van der Waals surface area contributed by atoms with Crippen molar-refractivity contribution in [3.05, 3.63) is 60.8 Å². The molecule has 0 saturated carbocycles. The van der Waals surface area contributed by atoms with E-state index >= 15 is 0 Å². The monoisotopic (exact) mass is 357 g/mol. The van der Waals surface area contributed by atoms with E-state index in [1.807, 2.05) is 30.3 Å². The topological polar surface area (TPSA) is 102 Å². The molecule has 0 aliphatic heterocycles. The molecule has 0 unspecified atom stereocenters. The number of carbonyl (C=O) groups excluding carboxylic acids is 2. The lowest BCUT2D eigenvalue weighted by atomic mass is 10.3. The lowest BCUT2D eigenvalue weighted by Gasteiger charge is -2.04. The highest BCUT2D eigenvalue weighted by Gasteiger charge is 2.11. The third kappa shape index (κ3) is 4.95. The summed E-state index contributed by atoms with van der Waals surface area (Å²) in [6, 6.07) is 12.4. The zero-order valence-electron chi connectivity index (χ0n) is 13.1. The fraction of sp³-hybridized carbons (Fsp3) is 0.125. The second kappa shape index (κ2) is 8.15. The molecule has 0 bridgehead atoms. The molecule has 3 rings (SSSR count). The van der Waals surface area contributed by atoms with Gasteiger partial charge in [0.15, 0.2) is 0 Å². The minimum Gasteiger partial charge on any atom is -0.467 e. The van der Waals surface area contributed by atoms with Crippen LogP contribution in [0.4, 0.5) is 4.79 Å². The number of furan rings is 1. The van der Waals surface area contributed by atoms with Gasteiger partial charge < -0.3 is 9.73 Å². The van der Waals surface area contributed by atoms with E-state index < -0.39 is 11.9 Å². The van der Waals surface area contributed by atoms with Crippen LogP contribution in [0.1, 0.15) is 5.76 Å². The normalized spacial score (nSPS) is 10.4. The van der Waals surface area contributed by atoms with E-state index in [1.165, 1.54) is 6.26 Å². The third-order valence-electron chi connectivity index (χ3n) is 3.08. The second-order valence-corrected chi connectivity index (χ2v) is 5.85. The molecular weight excluding hydrogens is 342 g/mol. The fourth-order valence-electron chi connectivity index (χ4n) is 1.94. The Hall–Kier alpha value is -3.07. The molecule has 3 aromatic rings. The van der Waals surface area contributed by atoms with E-state index in [2.05, 4.69) is 20.7 Å². The van der Waals surface area contributed by atoms with Gasteiger partial charge >= 0.3 is 6.03 Å². The molecule has 128 valence electrons. The van der Waals surface area contributed by atoms with E-state index in [0.717, 1.165) is 17.4 Å². The molecule has 0 saturated heterocycles. The Morgan fingerprint density at radius 1 is 1.16 bits per heavy atom. The number of carbonyl (C=O) groups is 2. The first-order chi connectivity index (χ1) is 12.2. The summed E-state index contributed by atoms with van der Waals surface area (Å²) >= 11 is 1.15. The van der Waals surface area contributed by atoms with Gasteiger partial charge in [0.25, 0.3) is 0 Å². The summed E-state index contributed by atoms with van der Waals surface area (Å²) in [7, 11) is 0. The maximum Gasteiger partial charge on any atom is 0.321 e. The maximum absolute atomic E-state index is 11.8. The molecule has 0 radical (unpaired) electrons. The summed E-state index contributed by atoms with van der Waals surface area (Å²) in [4.78, 5) is 27.5. The van der Waals surface area contributed by atoms with Crippen molar-refractivity contribution in [3.8, 4) is 5.69 Å². The Bertz CT molecular complexity index is 833. The summed E-state index contributed by atoms with van der Waals surface area (Å²) in [5.41, 5.74) is 0.878. The van der Waals surface area contributed by atoms with Gasteiger partial charge in [-0.1, -0.05) is 30.0 Å². The number of imide groups is 1. The molecule has 0 aliphatic carbocycles. The van der Waals surface area contributed by atoms with Gasteiger partial charge in [0, 0.05) is 0 Å². The van der Waals surface area contributed by atoms with Crippen molar-refractivity contribution in [1.29, 1.82) is 0 Å². The highest BCUT2D eigenvalue weighted by Crippen LogP contribution is 2.13. The SMILES string of the molecule is O=C(CSc1ncn(-c2ccccc2)n1)NC(=O)NCc1ccco1. The quantitative estimate of drug-likeness (QED) is 0.654. The van der Waals surface area contributed by atoms with Crippen LogP contribution in [0, 0.1) is 0 Å². The van der Waals surface area contributed by atoms with Gasteiger partial charge in [0.2, 0.25) is 11.1 Å². The van der Waals surface area contributed by atoms with E-state index in [1.54, 1.807) is 23.1 Å². The fourth-order valence-corrected chi connectivity index (χ4v) is 2.54. The predicted octanol–water partition coefficient (Wildman–Crippen LogP) is 1.98. The molecule has 1 aromatic carbocycles. The Morgan fingerprint density at radius 3 is 2.76 bits per heavy atom. The number of aromatic nitrogens is 3. The Balaban J connectivity index is 1.43. The smallest absolute Gasteiger partial charge is 0.321 e. The van der Waals surface area contributed by atoms with E-state index in [9.17, 15) is 9.59 Å². The van der Waals surface area contributed by atoms with E-state index in [4.69, 9.17) is 4.42 Å². The first-order valence-corrected chi connectivity index (χ1v) is 8.39. The van der Waals surface area contributed by atoms with Gasteiger partial charge in [-0.3, -0.25) is 10.1 Å². The molecule has 9 heteroatoms. The number of hydrogen-bond donors (Lipinski definition) is 2. The second-order valence-electron chi connectivity index (χ2n) is 4.91. The summed E-state index contributed by atoms with van der Waals surface area (Å²) in [6.07, 6.45) is 3.09. The van der Waals surface area contributed by atoms with Crippen molar-refractivity contribution in [2.75, 3.05) is 5.75 Å². The number of urea groups is 1. The summed E-state index contributed by atoms with van der Waals surface area (Å²) in [5.74, 6) is 0.207. The molecule has 2 N–H and O–H groups in total. The van der Waals surface area contributed by atoms with Crippen LogP contribution < -0.4 is 10.6 Å². The third-order valence-corrected chi connectivity index (χ3v) is 3.93. The highest BCUT2D eigenvalue weighted by atomic mass is 32.2. The van der Waals surface area contributed by atoms with Crippen molar-refractivity contribution >= 4 is 23.7 Å². The van der Waals surface area contributed by atoms with Crippen LogP contribution in [0.15, 0.2) is 64.6 Å². The molecule has 0 aliphatic rings. The van der Waals surface area contributed by atoms with Gasteiger partial charge in [0.1, 0.15) is 12.1 Å². The van der Waals surface area contributed by atoms with E-state index in [-0.39, 0.29) is 12.3 Å². The number of benzene rings is 1. The molecule has 0 spiro atoms. The molecule has 25 heavy (non-hydrogen) atoms. The standard InChI is InChI=1S/C16H15N5O3S/c22-14(19-15(23)17-9-13-7-4-8-24-13)10-25-16-18-11-21(20-16)12-5-2-1-3-6-12/h1-8,11H,9-10H2,(H2,17,19,22,23). The largest absolute Gasteiger partial charge is 0.467 e. The first kappa shape index (κ1) is 16.8. The van der Waals surface area contributed by atoms with Crippen LogP contribution in [0.25, 0.3) is 5.69 Å². The number of rotatable bonds is 6. The Labute approximate surface area is 147 Å². The van der Waals surface area contributed by atoms with Crippen molar-refractivity contribution in [2.45, 2.75) is 11.7 Å². The zero-order chi connectivity index (χ0) is 17.5. The molecule has 3 amide bonds. The van der Waals surface area contributed by atoms with Gasteiger partial charge in [-0.25, -0.2) is 14.5 Å². The summed E-state index contributed by atoms with van der Waals surface area (Å²) < 4.78 is 6.70. The molecule has 0 fully saturated rings. The van der Waals surface area contributed by atoms with Gasteiger partial charge in [-0.05, 0) is 24.3 Å². The number of para-hydroxylation sites is 1. The van der Waals surface area contributed by atoms with Crippen LogP contribution in [0.3, 0.4) is 0 Å². The Kier molecular flexibility index (Phi) is 5.47. The molecule has 0 atom stereocenters. The van der Waals surface area contributed by atoms with Gasteiger partial charge in [-0.15, -0.1) is 5.10 Å². The zero-order valence-corrected chi connectivity index (χ0v) is 13.9. The number of nitrogens with one attached hydrogen (secondary N) is 2. The lowest BCUT2D eigenvalue weighted by molar-refractivity contribution is -0.117. The van der Waals surface area contributed by atoms with Crippen molar-refractivity contribution in [1.82, 2.24) is 25.4 Å². The minimum atomic E-state index is -0.579. The first-order valence-electron chi connectivity index (χ1n) is 7.40. The van der Waals surface area contributed by atoms with Crippen LogP contribution >= 0.6 is 11.8 Å². The number of thioether (sulfide) groups is 1. The minimum absolute atomic E-state index is 0.0347. The number of nitrogens with zero attached hydrogens (tertiary/aromatic N) is 3. The molecule has 2 heterocycles. The van der Waals surface area contributed by atoms with Crippen molar-refractivity contribution in [3.63, 3.8) is 0 Å². The molecular formula is C16H15N5O3S. The van der Waals surface area contributed by atoms with E-state index in [0.29, 0.717) is 10.9 Å². The van der Waals surface area contributed by atoms with Crippen molar-refractivity contribution in [2.24, 2.45) is 0 Å². The van der Waals surface area contributed by atoms with Crippen molar-refractivity contribution < 1.29 is 14.0 Å². The average Bonchev–Trinajstić information content (AvgIpc) is 3.31. The van der Waals surface area contributed by atoms with Crippen LogP contribution in [0.2, 0.25) is 0 Å². The maximum atomic E-state index is 11.8. The number of amides is 3. The Morgan fingerprint density at radius 2 is 2.00 bits per heavy atom. The summed E-state index contributed by atoms with van der Waals surface area (Å²) in [5, 5.41) is 9.50. The predicted molar refractivity (Wildman–Crippen MR) is 91.2 cm³/mol.